The third-order valence-electron chi connectivity index (χ3n) is 6.43. The predicted molar refractivity (Wildman–Crippen MR) is 129 cm³/mol. The maximum absolute atomic E-state index is 13.8. The number of nitrogens with one attached hydrogen (secondary N) is 3. The molecule has 2 aromatic carbocycles. The zero-order valence-corrected chi connectivity index (χ0v) is 19.7. The molecule has 0 radical (unpaired) electrons. The maximum Gasteiger partial charge on any atom is 0.431 e. The lowest BCUT2D eigenvalue weighted by molar-refractivity contribution is -0.141. The van der Waals surface area contributed by atoms with E-state index >= 15 is 0 Å². The Morgan fingerprint density at radius 3 is 2.22 bits per heavy atom. The van der Waals surface area contributed by atoms with Crippen molar-refractivity contribution in [3.05, 3.63) is 98.0 Å². The van der Waals surface area contributed by atoms with E-state index in [0.29, 0.717) is 47.7 Å². The lowest BCUT2D eigenvalue weighted by Crippen LogP contribution is -2.35. The minimum Gasteiger partial charge on any atom is -0.457 e. The van der Waals surface area contributed by atoms with E-state index in [0.717, 1.165) is 17.2 Å². The Morgan fingerprint density at radius 2 is 1.67 bits per heavy atom. The highest BCUT2D eigenvalue weighted by molar-refractivity contribution is 5.95. The summed E-state index contributed by atoms with van der Waals surface area (Å²) in [5, 5.41) is 5.92. The molecule has 3 N–H and O–H groups in total. The SMILES string of the molecule is Cc1ccc2c(c1)Oc1cc(C)ccc1C2NC(=O)c1cc(C2=CCNCC2)c(C(F)(F)F)[nH]c1=O. The van der Waals surface area contributed by atoms with Gasteiger partial charge < -0.3 is 20.4 Å². The molecule has 5 rings (SSSR count). The number of halogens is 3. The van der Waals surface area contributed by atoms with E-state index in [2.05, 4.69) is 10.6 Å². The molecule has 6 nitrogen and oxygen atoms in total. The number of benzene rings is 2. The van der Waals surface area contributed by atoms with Crippen molar-refractivity contribution in [2.75, 3.05) is 13.1 Å². The zero-order valence-electron chi connectivity index (χ0n) is 19.7. The number of carbonyl (C=O) groups is 1. The number of alkyl halides is 3. The van der Waals surface area contributed by atoms with Crippen LogP contribution in [0.4, 0.5) is 13.2 Å². The molecule has 2 aliphatic heterocycles. The van der Waals surface area contributed by atoms with Gasteiger partial charge in [-0.2, -0.15) is 13.2 Å². The highest BCUT2D eigenvalue weighted by Crippen LogP contribution is 2.43. The number of rotatable bonds is 3. The molecule has 0 saturated carbocycles. The summed E-state index contributed by atoms with van der Waals surface area (Å²) >= 11 is 0. The molecule has 186 valence electrons. The summed E-state index contributed by atoms with van der Waals surface area (Å²) in [5.41, 5.74) is 0.925. The van der Waals surface area contributed by atoms with Crippen molar-refractivity contribution < 1.29 is 22.7 Å². The fourth-order valence-corrected chi connectivity index (χ4v) is 4.63. The van der Waals surface area contributed by atoms with E-state index in [9.17, 15) is 22.8 Å². The summed E-state index contributed by atoms with van der Waals surface area (Å²) in [6, 6.07) is 11.5. The van der Waals surface area contributed by atoms with Gasteiger partial charge in [0.1, 0.15) is 22.8 Å². The maximum atomic E-state index is 13.8. The van der Waals surface area contributed by atoms with Gasteiger partial charge in [-0.05, 0) is 61.7 Å². The van der Waals surface area contributed by atoms with Crippen LogP contribution in [-0.2, 0) is 6.18 Å². The van der Waals surface area contributed by atoms with E-state index in [4.69, 9.17) is 4.74 Å². The van der Waals surface area contributed by atoms with Crippen molar-refractivity contribution in [2.24, 2.45) is 0 Å². The molecule has 3 heterocycles. The van der Waals surface area contributed by atoms with Gasteiger partial charge in [-0.25, -0.2) is 0 Å². The molecule has 0 unspecified atom stereocenters. The average Bonchev–Trinajstić information content (AvgIpc) is 2.83. The van der Waals surface area contributed by atoms with Gasteiger partial charge in [0.15, 0.2) is 0 Å². The van der Waals surface area contributed by atoms with Crippen molar-refractivity contribution in [1.29, 1.82) is 0 Å². The van der Waals surface area contributed by atoms with Crippen molar-refractivity contribution in [3.63, 3.8) is 0 Å². The number of H-pyrrole nitrogens is 1. The minimum absolute atomic E-state index is 0.187. The third kappa shape index (κ3) is 4.42. The number of aromatic nitrogens is 1. The molecule has 1 aromatic heterocycles. The first kappa shape index (κ1) is 23.9. The molecule has 0 atom stereocenters. The molecule has 0 aliphatic carbocycles. The van der Waals surface area contributed by atoms with Crippen molar-refractivity contribution >= 4 is 11.5 Å². The number of aryl methyl sites for hydroxylation is 2. The second kappa shape index (κ2) is 8.98. The van der Waals surface area contributed by atoms with Gasteiger partial charge in [0.05, 0.1) is 6.04 Å². The number of ether oxygens (including phenoxy) is 1. The molecule has 0 bridgehead atoms. The fourth-order valence-electron chi connectivity index (χ4n) is 4.63. The van der Waals surface area contributed by atoms with Gasteiger partial charge in [0.2, 0.25) is 0 Å². The van der Waals surface area contributed by atoms with Crippen LogP contribution in [0.15, 0.2) is 53.3 Å². The summed E-state index contributed by atoms with van der Waals surface area (Å²) < 4.78 is 47.3. The number of pyridine rings is 1. The van der Waals surface area contributed by atoms with Crippen molar-refractivity contribution in [3.8, 4) is 11.5 Å². The van der Waals surface area contributed by atoms with Crippen LogP contribution in [0.1, 0.15) is 56.3 Å². The number of fused-ring (bicyclic) bond motifs is 2. The van der Waals surface area contributed by atoms with Crippen LogP contribution in [0, 0.1) is 13.8 Å². The zero-order chi connectivity index (χ0) is 25.6. The Hall–Kier alpha value is -3.85. The summed E-state index contributed by atoms with van der Waals surface area (Å²) in [5.74, 6) is 0.367. The molecule has 0 spiro atoms. The second-order valence-electron chi connectivity index (χ2n) is 9.07. The van der Waals surface area contributed by atoms with Gasteiger partial charge in [-0.1, -0.05) is 30.3 Å². The third-order valence-corrected chi connectivity index (χ3v) is 6.43. The Labute approximate surface area is 205 Å². The van der Waals surface area contributed by atoms with Gasteiger partial charge in [-0.3, -0.25) is 9.59 Å². The molecule has 0 saturated heterocycles. The van der Waals surface area contributed by atoms with E-state index in [1.54, 1.807) is 6.08 Å². The Bertz CT molecular complexity index is 1410. The van der Waals surface area contributed by atoms with Crippen LogP contribution in [0.2, 0.25) is 0 Å². The standard InChI is InChI=1S/C27H24F3N3O3/c1-14-3-5-17-21(11-14)36-22-12-15(2)4-6-18(22)23(17)32-25(34)20-13-19(16-7-9-31-10-8-16)24(27(28,29)30)33-26(20)35/h3-7,11-13,23,31H,8-10H2,1-2H3,(H,32,34)(H,33,35). The van der Waals surface area contributed by atoms with Crippen LogP contribution >= 0.6 is 0 Å². The first-order valence-electron chi connectivity index (χ1n) is 11.6. The molecule has 2 aliphatic rings. The summed E-state index contributed by atoms with van der Waals surface area (Å²) in [6.45, 7) is 4.74. The first-order chi connectivity index (χ1) is 17.1. The van der Waals surface area contributed by atoms with Gasteiger partial charge in [0, 0.05) is 23.2 Å². The van der Waals surface area contributed by atoms with Crippen molar-refractivity contribution in [2.45, 2.75) is 32.5 Å². The van der Waals surface area contributed by atoms with Crippen molar-refractivity contribution in [1.82, 2.24) is 15.6 Å². The largest absolute Gasteiger partial charge is 0.457 e. The normalized spacial score (nSPS) is 15.4. The van der Waals surface area contributed by atoms with E-state index in [1.165, 1.54) is 0 Å². The average molecular weight is 496 g/mol. The van der Waals surface area contributed by atoms with Gasteiger partial charge in [-0.15, -0.1) is 0 Å². The predicted octanol–water partition coefficient (Wildman–Crippen LogP) is 5.01. The van der Waals surface area contributed by atoms with E-state index in [-0.39, 0.29) is 11.1 Å². The number of carbonyl (C=O) groups excluding carboxylic acids is 1. The summed E-state index contributed by atoms with van der Waals surface area (Å²) in [6.07, 6.45) is -2.79. The molecule has 1 amide bonds. The molecular weight excluding hydrogens is 471 g/mol. The smallest absolute Gasteiger partial charge is 0.431 e. The quantitative estimate of drug-likeness (QED) is 0.477. The highest BCUT2D eigenvalue weighted by Gasteiger charge is 2.37. The first-order valence-corrected chi connectivity index (χ1v) is 11.6. The minimum atomic E-state index is -4.77. The fraction of sp³-hybridized carbons (Fsp3) is 0.259. The summed E-state index contributed by atoms with van der Waals surface area (Å²) in [4.78, 5) is 28.0. The number of aromatic amines is 1. The monoisotopic (exact) mass is 495 g/mol. The number of hydrogen-bond donors (Lipinski definition) is 3. The van der Waals surface area contributed by atoms with Crippen LogP contribution in [0.5, 0.6) is 11.5 Å². The molecule has 36 heavy (non-hydrogen) atoms. The lowest BCUT2D eigenvalue weighted by atomic mass is 9.92. The number of hydrogen-bond acceptors (Lipinski definition) is 4. The Kier molecular flexibility index (Phi) is 5.96. The highest BCUT2D eigenvalue weighted by atomic mass is 19.4. The van der Waals surface area contributed by atoms with Crippen LogP contribution in [0.25, 0.3) is 5.57 Å². The van der Waals surface area contributed by atoms with Crippen LogP contribution in [-0.4, -0.2) is 24.0 Å². The summed E-state index contributed by atoms with van der Waals surface area (Å²) in [7, 11) is 0. The Balaban J connectivity index is 1.58. The lowest BCUT2D eigenvalue weighted by Gasteiger charge is -2.29. The second-order valence-corrected chi connectivity index (χ2v) is 9.07. The molecule has 0 fully saturated rings. The van der Waals surface area contributed by atoms with Gasteiger partial charge >= 0.3 is 6.18 Å². The van der Waals surface area contributed by atoms with Gasteiger partial charge in [0.25, 0.3) is 11.5 Å². The molecule has 9 heteroatoms. The van der Waals surface area contributed by atoms with E-state index in [1.807, 2.05) is 55.2 Å². The Morgan fingerprint density at radius 1 is 1.03 bits per heavy atom. The topological polar surface area (TPSA) is 83.2 Å². The molecular formula is C27H24F3N3O3. The number of amides is 1. The molecule has 3 aromatic rings. The van der Waals surface area contributed by atoms with E-state index < -0.39 is 29.4 Å². The van der Waals surface area contributed by atoms with Crippen LogP contribution in [0.3, 0.4) is 0 Å². The van der Waals surface area contributed by atoms with Crippen LogP contribution < -0.4 is 20.9 Å².